The van der Waals surface area contributed by atoms with E-state index < -0.39 is 0 Å². The average Bonchev–Trinajstić information content (AvgIpc) is 2.41. The summed E-state index contributed by atoms with van der Waals surface area (Å²) >= 11 is 5.69. The number of hydrogen-bond acceptors (Lipinski definition) is 5. The predicted octanol–water partition coefficient (Wildman–Crippen LogP) is 1.66. The smallest absolute Gasteiger partial charge is 0.323 e. The number of carbonyl (C=O) groups excluding carboxylic acids is 1. The minimum atomic E-state index is -0.170. The molecule has 1 aromatic rings. The molecule has 1 aliphatic rings. The molecule has 1 saturated heterocycles. The molecule has 0 aromatic carbocycles. The molecule has 0 amide bonds. The number of methoxy groups -OCH3 is 1. The summed E-state index contributed by atoms with van der Waals surface area (Å²) in [5, 5.41) is 0.377. The first-order valence-electron chi connectivity index (χ1n) is 5.99. The van der Waals surface area contributed by atoms with E-state index in [0.717, 1.165) is 31.5 Å². The number of likely N-dealkylation sites (tertiary alicyclic amines) is 1. The number of esters is 1. The Morgan fingerprint density at radius 3 is 3.00 bits per heavy atom. The van der Waals surface area contributed by atoms with Crippen LogP contribution in [-0.2, 0) is 16.1 Å². The largest absolute Gasteiger partial charge is 0.468 e. The van der Waals surface area contributed by atoms with E-state index in [-0.39, 0.29) is 12.0 Å². The van der Waals surface area contributed by atoms with E-state index >= 15 is 0 Å². The average molecular weight is 270 g/mol. The molecule has 0 unspecified atom stereocenters. The van der Waals surface area contributed by atoms with Gasteiger partial charge in [0.15, 0.2) is 0 Å². The zero-order chi connectivity index (χ0) is 13.0. The molecular formula is C12H16ClN3O2. The van der Waals surface area contributed by atoms with E-state index in [4.69, 9.17) is 16.3 Å². The van der Waals surface area contributed by atoms with Gasteiger partial charge in [-0.2, -0.15) is 0 Å². The second-order valence-corrected chi connectivity index (χ2v) is 4.72. The van der Waals surface area contributed by atoms with Gasteiger partial charge in [-0.25, -0.2) is 4.98 Å². The first kappa shape index (κ1) is 13.2. The molecule has 2 heterocycles. The molecule has 0 radical (unpaired) electrons. The number of hydrogen-bond donors (Lipinski definition) is 0. The highest BCUT2D eigenvalue weighted by Crippen LogP contribution is 2.20. The van der Waals surface area contributed by atoms with Crippen LogP contribution in [0.3, 0.4) is 0 Å². The Morgan fingerprint density at radius 2 is 2.33 bits per heavy atom. The van der Waals surface area contributed by atoms with Crippen LogP contribution in [0.5, 0.6) is 0 Å². The molecule has 0 bridgehead atoms. The standard InChI is InChI=1S/C12H16ClN3O2/c1-18-12(17)10-4-2-3-5-16(10)8-9-6-15-11(13)7-14-9/h6-7,10H,2-5,8H2,1H3/t10-/m1/s1. The molecule has 1 atom stereocenters. The lowest BCUT2D eigenvalue weighted by Crippen LogP contribution is -2.44. The van der Waals surface area contributed by atoms with Crippen molar-refractivity contribution in [1.82, 2.24) is 14.9 Å². The number of nitrogens with zero attached hydrogens (tertiary/aromatic N) is 3. The number of halogens is 1. The molecular weight excluding hydrogens is 254 g/mol. The van der Waals surface area contributed by atoms with Gasteiger partial charge in [0.25, 0.3) is 0 Å². The van der Waals surface area contributed by atoms with Crippen molar-refractivity contribution in [3.63, 3.8) is 0 Å². The molecule has 1 aromatic heterocycles. The van der Waals surface area contributed by atoms with E-state index in [1.165, 1.54) is 13.3 Å². The third-order valence-electron chi connectivity index (χ3n) is 3.13. The molecule has 1 fully saturated rings. The third kappa shape index (κ3) is 3.17. The monoisotopic (exact) mass is 269 g/mol. The van der Waals surface area contributed by atoms with Crippen LogP contribution < -0.4 is 0 Å². The summed E-state index contributed by atoms with van der Waals surface area (Å²) in [5.74, 6) is -0.170. The lowest BCUT2D eigenvalue weighted by molar-refractivity contribution is -0.148. The maximum Gasteiger partial charge on any atom is 0.323 e. The van der Waals surface area contributed by atoms with Crippen molar-refractivity contribution in [3.05, 3.63) is 23.2 Å². The summed E-state index contributed by atoms with van der Waals surface area (Å²) in [6.07, 6.45) is 6.16. The Kier molecular flexibility index (Phi) is 4.49. The molecule has 18 heavy (non-hydrogen) atoms. The molecule has 0 aliphatic carbocycles. The van der Waals surface area contributed by atoms with Crippen LogP contribution in [0.1, 0.15) is 25.0 Å². The summed E-state index contributed by atoms with van der Waals surface area (Å²) in [7, 11) is 1.43. The second kappa shape index (κ2) is 6.11. The highest BCUT2D eigenvalue weighted by molar-refractivity contribution is 6.29. The fraction of sp³-hybridized carbons (Fsp3) is 0.583. The van der Waals surface area contributed by atoms with Crippen molar-refractivity contribution in [2.24, 2.45) is 0 Å². The first-order chi connectivity index (χ1) is 8.70. The van der Waals surface area contributed by atoms with Gasteiger partial charge in [0.1, 0.15) is 11.2 Å². The van der Waals surface area contributed by atoms with Crippen LogP contribution in [0.25, 0.3) is 0 Å². The molecule has 0 N–H and O–H groups in total. The highest BCUT2D eigenvalue weighted by Gasteiger charge is 2.29. The predicted molar refractivity (Wildman–Crippen MR) is 67.1 cm³/mol. The Hall–Kier alpha value is -1.20. The van der Waals surface area contributed by atoms with Crippen LogP contribution >= 0.6 is 11.6 Å². The van der Waals surface area contributed by atoms with Crippen LogP contribution in [0.15, 0.2) is 12.4 Å². The topological polar surface area (TPSA) is 55.3 Å². The van der Waals surface area contributed by atoms with Crippen molar-refractivity contribution >= 4 is 17.6 Å². The van der Waals surface area contributed by atoms with Gasteiger partial charge in [0, 0.05) is 6.54 Å². The zero-order valence-corrected chi connectivity index (χ0v) is 11.1. The van der Waals surface area contributed by atoms with Gasteiger partial charge in [0.2, 0.25) is 0 Å². The highest BCUT2D eigenvalue weighted by atomic mass is 35.5. The maximum atomic E-state index is 11.7. The Morgan fingerprint density at radius 1 is 1.50 bits per heavy atom. The number of aromatic nitrogens is 2. The van der Waals surface area contributed by atoms with Gasteiger partial charge < -0.3 is 4.74 Å². The molecule has 1 aliphatic heterocycles. The van der Waals surface area contributed by atoms with Gasteiger partial charge in [-0.05, 0) is 19.4 Å². The minimum absolute atomic E-state index is 0.166. The fourth-order valence-electron chi connectivity index (χ4n) is 2.21. The molecule has 6 heteroatoms. The molecule has 98 valence electrons. The van der Waals surface area contributed by atoms with Gasteiger partial charge in [-0.3, -0.25) is 14.7 Å². The molecule has 0 saturated carbocycles. The first-order valence-corrected chi connectivity index (χ1v) is 6.37. The summed E-state index contributed by atoms with van der Waals surface area (Å²) in [5.41, 5.74) is 0.815. The molecule has 0 spiro atoms. The number of ether oxygens (including phenoxy) is 1. The van der Waals surface area contributed by atoms with Gasteiger partial charge in [-0.1, -0.05) is 18.0 Å². The quantitative estimate of drug-likeness (QED) is 0.781. The second-order valence-electron chi connectivity index (χ2n) is 4.34. The SMILES string of the molecule is COC(=O)[C@H]1CCCCN1Cc1cnc(Cl)cn1. The Bertz CT molecular complexity index is 410. The van der Waals surface area contributed by atoms with Gasteiger partial charge >= 0.3 is 5.97 Å². The van der Waals surface area contributed by atoms with Crippen LogP contribution in [0.4, 0.5) is 0 Å². The van der Waals surface area contributed by atoms with E-state index in [2.05, 4.69) is 14.9 Å². The Labute approximate surface area is 111 Å². The van der Waals surface area contributed by atoms with Crippen molar-refractivity contribution in [2.45, 2.75) is 31.8 Å². The van der Waals surface area contributed by atoms with E-state index in [1.54, 1.807) is 6.20 Å². The Balaban J connectivity index is 2.05. The lowest BCUT2D eigenvalue weighted by Gasteiger charge is -2.33. The molecule has 2 rings (SSSR count). The van der Waals surface area contributed by atoms with Crippen LogP contribution in [-0.4, -0.2) is 40.5 Å². The van der Waals surface area contributed by atoms with E-state index in [1.807, 2.05) is 0 Å². The van der Waals surface area contributed by atoms with Crippen molar-refractivity contribution in [1.29, 1.82) is 0 Å². The third-order valence-corrected chi connectivity index (χ3v) is 3.32. The van der Waals surface area contributed by atoms with Gasteiger partial charge in [0.05, 0.1) is 25.2 Å². The lowest BCUT2D eigenvalue weighted by atomic mass is 10.0. The van der Waals surface area contributed by atoms with Crippen molar-refractivity contribution in [2.75, 3.05) is 13.7 Å². The summed E-state index contributed by atoms with van der Waals surface area (Å²) < 4.78 is 4.84. The summed E-state index contributed by atoms with van der Waals surface area (Å²) in [6, 6.07) is -0.166. The summed E-state index contributed by atoms with van der Waals surface area (Å²) in [4.78, 5) is 22.0. The van der Waals surface area contributed by atoms with Crippen molar-refractivity contribution < 1.29 is 9.53 Å². The van der Waals surface area contributed by atoms with Gasteiger partial charge in [-0.15, -0.1) is 0 Å². The summed E-state index contributed by atoms with van der Waals surface area (Å²) in [6.45, 7) is 1.48. The van der Waals surface area contributed by atoms with Crippen LogP contribution in [0.2, 0.25) is 5.15 Å². The fourth-order valence-corrected chi connectivity index (χ4v) is 2.31. The maximum absolute atomic E-state index is 11.7. The normalized spacial score (nSPS) is 20.7. The number of piperidine rings is 1. The van der Waals surface area contributed by atoms with Crippen LogP contribution in [0, 0.1) is 0 Å². The van der Waals surface area contributed by atoms with E-state index in [9.17, 15) is 4.79 Å². The zero-order valence-electron chi connectivity index (χ0n) is 10.3. The van der Waals surface area contributed by atoms with Crippen molar-refractivity contribution in [3.8, 4) is 0 Å². The molecule has 5 nitrogen and oxygen atoms in total. The minimum Gasteiger partial charge on any atom is -0.468 e. The van der Waals surface area contributed by atoms with E-state index in [0.29, 0.717) is 11.7 Å². The number of rotatable bonds is 3. The number of carbonyl (C=O) groups is 1.